The van der Waals surface area contributed by atoms with Crippen molar-refractivity contribution in [2.24, 2.45) is 0 Å². The Bertz CT molecular complexity index is 630. The van der Waals surface area contributed by atoms with Gasteiger partial charge in [-0.3, -0.25) is 14.9 Å². The topological polar surface area (TPSA) is 103 Å². The van der Waals surface area contributed by atoms with Crippen LogP contribution in [0.2, 0.25) is 0 Å². The Hall–Kier alpha value is -2.19. The van der Waals surface area contributed by atoms with Crippen LogP contribution in [-0.4, -0.2) is 42.4 Å². The average Bonchev–Trinajstić information content (AvgIpc) is 3.06. The van der Waals surface area contributed by atoms with Gasteiger partial charge in [0.1, 0.15) is 5.69 Å². The summed E-state index contributed by atoms with van der Waals surface area (Å²) in [7, 11) is 0. The number of para-hydroxylation sites is 2. The molecule has 1 aromatic carbocycles. The first-order valence-corrected chi connectivity index (χ1v) is 8.65. The molecule has 1 aliphatic heterocycles. The second-order valence-electron chi connectivity index (χ2n) is 6.33. The number of nitrogens with zero attached hydrogens (tertiary/aromatic N) is 1. The van der Waals surface area contributed by atoms with E-state index < -0.39 is 10.7 Å². The molecule has 1 unspecified atom stereocenters. The predicted octanol–water partition coefficient (Wildman–Crippen LogP) is 2.20. The van der Waals surface area contributed by atoms with Gasteiger partial charge in [-0.2, -0.15) is 0 Å². The maximum atomic E-state index is 12.3. The molecule has 2 aliphatic rings. The highest BCUT2D eigenvalue weighted by Crippen LogP contribution is 2.36. The number of nitro benzene ring substituents is 1. The molecule has 0 radical (unpaired) electrons. The number of nitrogens with one attached hydrogen (secondary N) is 2. The lowest BCUT2D eigenvalue weighted by atomic mass is 9.89. The highest BCUT2D eigenvalue weighted by atomic mass is 16.7. The van der Waals surface area contributed by atoms with Crippen LogP contribution in [0, 0.1) is 10.1 Å². The molecule has 2 fully saturated rings. The summed E-state index contributed by atoms with van der Waals surface area (Å²) in [4.78, 5) is 22.8. The van der Waals surface area contributed by atoms with Gasteiger partial charge in [0.15, 0.2) is 5.79 Å². The maximum absolute atomic E-state index is 12.3. The first-order chi connectivity index (χ1) is 12.1. The fourth-order valence-corrected chi connectivity index (χ4v) is 3.47. The maximum Gasteiger partial charge on any atom is 0.292 e. The molecule has 2 N–H and O–H groups in total. The average molecular weight is 349 g/mol. The van der Waals surface area contributed by atoms with Crippen LogP contribution >= 0.6 is 0 Å². The normalized spacial score (nSPS) is 21.8. The van der Waals surface area contributed by atoms with Crippen molar-refractivity contribution in [1.29, 1.82) is 0 Å². The van der Waals surface area contributed by atoms with E-state index in [0.717, 1.165) is 25.7 Å². The first kappa shape index (κ1) is 17.6. The van der Waals surface area contributed by atoms with Gasteiger partial charge in [-0.25, -0.2) is 0 Å². The molecule has 8 nitrogen and oxygen atoms in total. The minimum atomic E-state index is -0.667. The summed E-state index contributed by atoms with van der Waals surface area (Å²) in [6, 6.07) is 6.26. The van der Waals surface area contributed by atoms with Crippen LogP contribution in [0.3, 0.4) is 0 Å². The molecular formula is C17H23N3O5. The van der Waals surface area contributed by atoms with Crippen LogP contribution in [0.5, 0.6) is 0 Å². The van der Waals surface area contributed by atoms with Gasteiger partial charge in [0.2, 0.25) is 5.91 Å². The highest BCUT2D eigenvalue weighted by molar-refractivity contribution is 5.77. The van der Waals surface area contributed by atoms with Crippen LogP contribution < -0.4 is 10.6 Å². The summed E-state index contributed by atoms with van der Waals surface area (Å²) in [6.07, 6.45) is 3.92. The van der Waals surface area contributed by atoms with Crippen LogP contribution in [-0.2, 0) is 14.3 Å². The number of amides is 1. The molecule has 1 aliphatic carbocycles. The number of carbonyl (C=O) groups excluding carboxylic acids is 1. The molecule has 0 aromatic heterocycles. The van der Waals surface area contributed by atoms with E-state index in [4.69, 9.17) is 9.47 Å². The van der Waals surface area contributed by atoms with Gasteiger partial charge in [0.25, 0.3) is 5.69 Å². The fourth-order valence-electron chi connectivity index (χ4n) is 3.47. The fraction of sp³-hybridized carbons (Fsp3) is 0.588. The Kier molecular flexibility index (Phi) is 5.50. The number of ether oxygens (including phenoxy) is 2. The number of hydrogen-bond acceptors (Lipinski definition) is 6. The van der Waals surface area contributed by atoms with Gasteiger partial charge in [-0.1, -0.05) is 18.6 Å². The number of hydrogen-bond donors (Lipinski definition) is 2. The van der Waals surface area contributed by atoms with Crippen molar-refractivity contribution in [3.63, 3.8) is 0 Å². The van der Waals surface area contributed by atoms with Crippen molar-refractivity contribution in [2.75, 3.05) is 25.1 Å². The molecule has 1 atom stereocenters. The summed E-state index contributed by atoms with van der Waals surface area (Å²) in [5, 5.41) is 17.0. The number of anilines is 1. The molecule has 136 valence electrons. The van der Waals surface area contributed by atoms with Gasteiger partial charge in [0, 0.05) is 25.5 Å². The molecule has 0 bridgehead atoms. The van der Waals surface area contributed by atoms with E-state index in [9.17, 15) is 14.9 Å². The molecule has 1 spiro atoms. The molecule has 1 amide bonds. The monoisotopic (exact) mass is 349 g/mol. The van der Waals surface area contributed by atoms with Crippen molar-refractivity contribution in [1.82, 2.24) is 5.32 Å². The number of nitro groups is 1. The van der Waals surface area contributed by atoms with E-state index in [0.29, 0.717) is 25.4 Å². The summed E-state index contributed by atoms with van der Waals surface area (Å²) in [6.45, 7) is 1.44. The Labute approximate surface area is 146 Å². The van der Waals surface area contributed by atoms with Gasteiger partial charge in [0.05, 0.1) is 24.2 Å². The molecule has 1 aromatic rings. The van der Waals surface area contributed by atoms with Crippen LogP contribution in [0.4, 0.5) is 11.4 Å². The van der Waals surface area contributed by atoms with E-state index in [2.05, 4.69) is 10.6 Å². The molecular weight excluding hydrogens is 326 g/mol. The van der Waals surface area contributed by atoms with Crippen molar-refractivity contribution in [3.8, 4) is 0 Å². The molecule has 1 saturated heterocycles. The number of rotatable bonds is 6. The quantitative estimate of drug-likeness (QED) is 0.603. The Morgan fingerprint density at radius 2 is 2.04 bits per heavy atom. The van der Waals surface area contributed by atoms with E-state index in [1.54, 1.807) is 18.2 Å². The van der Waals surface area contributed by atoms with Gasteiger partial charge in [-0.15, -0.1) is 0 Å². The van der Waals surface area contributed by atoms with E-state index in [1.165, 1.54) is 6.07 Å². The lowest BCUT2D eigenvalue weighted by molar-refractivity contribution is -0.384. The minimum absolute atomic E-state index is 0.00176. The van der Waals surface area contributed by atoms with Crippen molar-refractivity contribution >= 4 is 17.3 Å². The molecule has 3 rings (SSSR count). The third-order valence-electron chi connectivity index (χ3n) is 4.68. The molecule has 25 heavy (non-hydrogen) atoms. The third-order valence-corrected chi connectivity index (χ3v) is 4.68. The Morgan fingerprint density at radius 1 is 1.28 bits per heavy atom. The second-order valence-corrected chi connectivity index (χ2v) is 6.33. The number of benzene rings is 1. The zero-order valence-corrected chi connectivity index (χ0v) is 14.0. The minimum Gasteiger partial charge on any atom is -0.379 e. The molecule has 8 heteroatoms. The third kappa shape index (κ3) is 4.08. The standard InChI is InChI=1S/C17H23N3O5/c21-16(8-10-18-13-5-1-2-6-14(13)20(22)23)19-15-7-3-4-9-17(15)24-11-12-25-17/h1-2,5-6,15,18H,3-4,7-12H2,(H,19,21). The zero-order chi connectivity index (χ0) is 17.7. The van der Waals surface area contributed by atoms with Crippen LogP contribution in [0.15, 0.2) is 24.3 Å². The highest BCUT2D eigenvalue weighted by Gasteiger charge is 2.46. The lowest BCUT2D eigenvalue weighted by Crippen LogP contribution is -2.55. The summed E-state index contributed by atoms with van der Waals surface area (Å²) < 4.78 is 11.6. The largest absolute Gasteiger partial charge is 0.379 e. The van der Waals surface area contributed by atoms with Crippen molar-refractivity contribution in [3.05, 3.63) is 34.4 Å². The number of carbonyl (C=O) groups is 1. The molecule has 1 heterocycles. The second kappa shape index (κ2) is 7.79. The summed E-state index contributed by atoms with van der Waals surface area (Å²) >= 11 is 0. The SMILES string of the molecule is O=C(CCNc1ccccc1[N+](=O)[O-])NC1CCCCC12OCCO2. The Balaban J connectivity index is 1.51. The lowest BCUT2D eigenvalue weighted by Gasteiger charge is -2.39. The summed E-state index contributed by atoms with van der Waals surface area (Å²) in [5.41, 5.74) is 0.416. The van der Waals surface area contributed by atoms with Gasteiger partial charge >= 0.3 is 0 Å². The van der Waals surface area contributed by atoms with Crippen LogP contribution in [0.1, 0.15) is 32.1 Å². The van der Waals surface area contributed by atoms with Gasteiger partial charge in [-0.05, 0) is 18.9 Å². The zero-order valence-electron chi connectivity index (χ0n) is 14.0. The summed E-state index contributed by atoms with van der Waals surface area (Å²) in [5.74, 6) is -0.781. The van der Waals surface area contributed by atoms with Crippen molar-refractivity contribution in [2.45, 2.75) is 43.9 Å². The van der Waals surface area contributed by atoms with Crippen LogP contribution in [0.25, 0.3) is 0 Å². The Morgan fingerprint density at radius 3 is 2.80 bits per heavy atom. The smallest absolute Gasteiger partial charge is 0.292 e. The first-order valence-electron chi connectivity index (χ1n) is 8.65. The molecule has 1 saturated carbocycles. The van der Waals surface area contributed by atoms with E-state index in [-0.39, 0.29) is 24.1 Å². The van der Waals surface area contributed by atoms with Crippen molar-refractivity contribution < 1.29 is 19.2 Å². The van der Waals surface area contributed by atoms with Gasteiger partial charge < -0.3 is 20.1 Å². The predicted molar refractivity (Wildman–Crippen MR) is 91.2 cm³/mol. The van der Waals surface area contributed by atoms with E-state index in [1.807, 2.05) is 0 Å². The van der Waals surface area contributed by atoms with E-state index >= 15 is 0 Å².